The van der Waals surface area contributed by atoms with Crippen molar-refractivity contribution in [3.63, 3.8) is 0 Å². The summed E-state index contributed by atoms with van der Waals surface area (Å²) in [4.78, 5) is 15.2. The average molecular weight is 289 g/mol. The first-order valence-corrected chi connectivity index (χ1v) is 6.05. The number of hydrogen-bond donors (Lipinski definition) is 1. The molecule has 1 amide bonds. The van der Waals surface area contributed by atoms with Gasteiger partial charge in [0.05, 0.1) is 15.5 Å². The lowest BCUT2D eigenvalue weighted by atomic mass is 10.3. The summed E-state index contributed by atoms with van der Waals surface area (Å²) in [5.74, 6) is -0.473. The number of carbonyl (C=O) groups excluding carboxylic acids is 1. The van der Waals surface area contributed by atoms with E-state index in [9.17, 15) is 9.18 Å². The molecule has 1 aromatic carbocycles. The van der Waals surface area contributed by atoms with Crippen LogP contribution >= 0.6 is 27.3 Å². The number of alkyl halides is 1. The van der Waals surface area contributed by atoms with Crippen molar-refractivity contribution >= 4 is 48.5 Å². The Morgan fingerprint density at radius 2 is 2.40 bits per heavy atom. The van der Waals surface area contributed by atoms with E-state index in [1.54, 1.807) is 6.07 Å². The summed E-state index contributed by atoms with van der Waals surface area (Å²) in [7, 11) is 0. The maximum absolute atomic E-state index is 12.9. The van der Waals surface area contributed by atoms with Gasteiger partial charge in [0.1, 0.15) is 5.82 Å². The molecule has 0 spiro atoms. The Bertz CT molecular complexity index is 514. The summed E-state index contributed by atoms with van der Waals surface area (Å²) in [6.45, 7) is 0. The van der Waals surface area contributed by atoms with Crippen molar-refractivity contribution in [2.45, 2.75) is 0 Å². The summed E-state index contributed by atoms with van der Waals surface area (Å²) in [5, 5.41) is 3.31. The summed E-state index contributed by atoms with van der Waals surface area (Å²) < 4.78 is 13.6. The average Bonchev–Trinajstić information content (AvgIpc) is 2.59. The molecule has 0 bridgehead atoms. The molecule has 1 aromatic heterocycles. The molecule has 0 saturated carbocycles. The Hall–Kier alpha value is -1.01. The fraction of sp³-hybridized carbons (Fsp3) is 0.111. The zero-order chi connectivity index (χ0) is 10.8. The molecule has 3 nitrogen and oxygen atoms in total. The molecule has 0 saturated heterocycles. The molecule has 2 aromatic rings. The van der Waals surface area contributed by atoms with Crippen LogP contribution in [-0.2, 0) is 4.79 Å². The van der Waals surface area contributed by atoms with Gasteiger partial charge in [-0.05, 0) is 18.2 Å². The van der Waals surface area contributed by atoms with Crippen LogP contribution in [0.15, 0.2) is 18.2 Å². The molecule has 0 aliphatic rings. The molecule has 0 aliphatic carbocycles. The van der Waals surface area contributed by atoms with E-state index >= 15 is 0 Å². The molecule has 0 unspecified atom stereocenters. The molecule has 1 N–H and O–H groups in total. The van der Waals surface area contributed by atoms with Crippen LogP contribution in [0, 0.1) is 5.82 Å². The van der Waals surface area contributed by atoms with Crippen molar-refractivity contribution in [1.82, 2.24) is 4.98 Å². The highest BCUT2D eigenvalue weighted by molar-refractivity contribution is 9.09. The summed E-state index contributed by atoms with van der Waals surface area (Å²) in [6.07, 6.45) is 0. The number of fused-ring (bicyclic) bond motifs is 1. The van der Waals surface area contributed by atoms with Crippen molar-refractivity contribution in [3.05, 3.63) is 24.0 Å². The number of hydrogen-bond acceptors (Lipinski definition) is 3. The molecule has 15 heavy (non-hydrogen) atoms. The van der Waals surface area contributed by atoms with Crippen LogP contribution in [0.5, 0.6) is 0 Å². The first-order chi connectivity index (χ1) is 7.19. The number of carbonyl (C=O) groups is 1. The van der Waals surface area contributed by atoms with Gasteiger partial charge in [0.15, 0.2) is 5.13 Å². The summed E-state index contributed by atoms with van der Waals surface area (Å²) in [5.41, 5.74) is 0.686. The smallest absolute Gasteiger partial charge is 0.236 e. The largest absolute Gasteiger partial charge is 0.301 e. The van der Waals surface area contributed by atoms with E-state index in [4.69, 9.17) is 0 Å². The lowest BCUT2D eigenvalue weighted by molar-refractivity contribution is -0.113. The van der Waals surface area contributed by atoms with E-state index in [1.165, 1.54) is 23.5 Å². The Labute approximate surface area is 97.4 Å². The van der Waals surface area contributed by atoms with Crippen LogP contribution in [-0.4, -0.2) is 16.2 Å². The topological polar surface area (TPSA) is 42.0 Å². The van der Waals surface area contributed by atoms with Crippen LogP contribution < -0.4 is 5.32 Å². The van der Waals surface area contributed by atoms with Gasteiger partial charge < -0.3 is 5.32 Å². The first kappa shape index (κ1) is 10.5. The number of anilines is 1. The van der Waals surface area contributed by atoms with Crippen molar-refractivity contribution in [2.24, 2.45) is 0 Å². The van der Waals surface area contributed by atoms with Gasteiger partial charge in [-0.25, -0.2) is 9.37 Å². The Morgan fingerprint density at radius 1 is 1.60 bits per heavy atom. The van der Waals surface area contributed by atoms with Crippen LogP contribution in [0.3, 0.4) is 0 Å². The van der Waals surface area contributed by atoms with Crippen molar-refractivity contribution in [2.75, 3.05) is 10.6 Å². The molecular formula is C9H6BrFN2OS. The molecule has 6 heteroatoms. The van der Waals surface area contributed by atoms with Gasteiger partial charge in [0, 0.05) is 0 Å². The lowest BCUT2D eigenvalue weighted by Crippen LogP contribution is -2.11. The van der Waals surface area contributed by atoms with E-state index in [1.807, 2.05) is 0 Å². The first-order valence-electron chi connectivity index (χ1n) is 4.11. The Kier molecular flexibility index (Phi) is 2.97. The second kappa shape index (κ2) is 4.24. The maximum atomic E-state index is 12.9. The molecule has 0 fully saturated rings. The van der Waals surface area contributed by atoms with Crippen LogP contribution in [0.4, 0.5) is 9.52 Å². The van der Waals surface area contributed by atoms with Gasteiger partial charge in [-0.3, -0.25) is 4.79 Å². The second-order valence-corrected chi connectivity index (χ2v) is 4.40. The minimum atomic E-state index is -0.301. The molecule has 0 atom stereocenters. The van der Waals surface area contributed by atoms with Gasteiger partial charge in [0.2, 0.25) is 5.91 Å². The third kappa shape index (κ3) is 2.32. The third-order valence-electron chi connectivity index (χ3n) is 1.72. The van der Waals surface area contributed by atoms with Crippen LogP contribution in [0.1, 0.15) is 0 Å². The number of halogens is 2. The highest BCUT2D eigenvalue weighted by Gasteiger charge is 2.06. The fourth-order valence-corrected chi connectivity index (χ4v) is 2.15. The monoisotopic (exact) mass is 288 g/mol. The van der Waals surface area contributed by atoms with Crippen LogP contribution in [0.2, 0.25) is 0 Å². The number of amides is 1. The summed E-state index contributed by atoms with van der Waals surface area (Å²) in [6, 6.07) is 4.33. The van der Waals surface area contributed by atoms with Gasteiger partial charge >= 0.3 is 0 Å². The Balaban J connectivity index is 2.34. The molecular weight excluding hydrogens is 283 g/mol. The lowest BCUT2D eigenvalue weighted by Gasteiger charge is -1.94. The van der Waals surface area contributed by atoms with Crippen molar-refractivity contribution in [3.8, 4) is 0 Å². The molecule has 1 heterocycles. The quantitative estimate of drug-likeness (QED) is 0.864. The molecule has 0 aliphatic heterocycles. The third-order valence-corrected chi connectivity index (χ3v) is 3.16. The van der Waals surface area contributed by atoms with E-state index in [0.29, 0.717) is 10.6 Å². The van der Waals surface area contributed by atoms with E-state index < -0.39 is 0 Å². The van der Waals surface area contributed by atoms with Crippen molar-refractivity contribution < 1.29 is 9.18 Å². The standard InChI is InChI=1S/C9H6BrFN2OS/c10-4-8(14)13-9-12-6-2-1-5(11)3-7(6)15-9/h1-3H,4H2,(H,12,13,14). The number of nitrogens with zero attached hydrogens (tertiary/aromatic N) is 1. The summed E-state index contributed by atoms with van der Waals surface area (Å²) >= 11 is 4.28. The fourth-order valence-electron chi connectivity index (χ4n) is 1.10. The SMILES string of the molecule is O=C(CBr)Nc1nc2ccc(F)cc2s1. The highest BCUT2D eigenvalue weighted by Crippen LogP contribution is 2.26. The van der Waals surface area contributed by atoms with E-state index in [-0.39, 0.29) is 17.1 Å². The zero-order valence-corrected chi connectivity index (χ0v) is 9.86. The number of aromatic nitrogens is 1. The predicted octanol–water partition coefficient (Wildman–Crippen LogP) is 2.77. The maximum Gasteiger partial charge on any atom is 0.236 e. The van der Waals surface area contributed by atoms with Crippen LogP contribution in [0.25, 0.3) is 10.2 Å². The molecule has 78 valence electrons. The minimum absolute atomic E-state index is 0.172. The zero-order valence-electron chi connectivity index (χ0n) is 7.46. The van der Waals surface area contributed by atoms with Gasteiger partial charge in [-0.15, -0.1) is 0 Å². The molecule has 0 radical (unpaired) electrons. The second-order valence-electron chi connectivity index (χ2n) is 2.81. The number of benzene rings is 1. The molecule has 2 rings (SSSR count). The predicted molar refractivity (Wildman–Crippen MR) is 62.0 cm³/mol. The number of rotatable bonds is 2. The van der Waals surface area contributed by atoms with Gasteiger partial charge in [-0.1, -0.05) is 27.3 Å². The van der Waals surface area contributed by atoms with Crippen molar-refractivity contribution in [1.29, 1.82) is 0 Å². The van der Waals surface area contributed by atoms with E-state index in [2.05, 4.69) is 26.2 Å². The van der Waals surface area contributed by atoms with E-state index in [0.717, 1.165) is 4.70 Å². The minimum Gasteiger partial charge on any atom is -0.301 e. The normalized spacial score (nSPS) is 10.5. The van der Waals surface area contributed by atoms with Gasteiger partial charge in [-0.2, -0.15) is 0 Å². The highest BCUT2D eigenvalue weighted by atomic mass is 79.9. The number of nitrogens with one attached hydrogen (secondary N) is 1. The number of thiazole rings is 1. The van der Waals surface area contributed by atoms with Gasteiger partial charge in [0.25, 0.3) is 0 Å². The Morgan fingerprint density at radius 3 is 3.13 bits per heavy atom.